The Morgan fingerprint density at radius 2 is 0.957 bits per heavy atom. The second-order valence-electron chi connectivity index (χ2n) is 22.7. The van der Waals surface area contributed by atoms with Crippen molar-refractivity contribution in [3.63, 3.8) is 0 Å². The lowest BCUT2D eigenvalue weighted by atomic mass is 9.43. The van der Waals surface area contributed by atoms with Crippen molar-refractivity contribution in [2.75, 3.05) is 9.80 Å². The first kappa shape index (κ1) is 32.7. The van der Waals surface area contributed by atoms with E-state index in [2.05, 4.69) is 71.9 Å². The molecule has 5 aliphatic rings. The van der Waals surface area contributed by atoms with Crippen LogP contribution in [-0.2, 0) is 16.2 Å². The monoisotopic (exact) mass is 923 g/mol. The average molecular weight is 923 g/mol. The van der Waals surface area contributed by atoms with Gasteiger partial charge in [-0.05, 0) is 173 Å². The van der Waals surface area contributed by atoms with Crippen LogP contribution in [0.15, 0.2) is 178 Å². The fourth-order valence-corrected chi connectivity index (χ4v) is 13.9. The summed E-state index contributed by atoms with van der Waals surface area (Å²) in [6, 6.07) is 33.0. The number of fused-ring (bicyclic) bond motifs is 11. The molecule has 10 aromatic rings. The predicted octanol–water partition coefficient (Wildman–Crippen LogP) is 18.7. The first-order valence-corrected chi connectivity index (χ1v) is 25.0. The number of hydrogen-bond donors (Lipinski definition) is 0. The summed E-state index contributed by atoms with van der Waals surface area (Å²) in [5, 5.41) is 3.88. The summed E-state index contributed by atoms with van der Waals surface area (Å²) in [6.07, 6.45) is 5.88. The topological polar surface area (TPSA) is 32.8 Å². The molecule has 0 aliphatic heterocycles. The number of rotatable bonds is 6. The van der Waals surface area contributed by atoms with E-state index in [1.165, 1.54) is 17.5 Å². The normalized spacial score (nSPS) is 23.3. The Morgan fingerprint density at radius 1 is 0.471 bits per heavy atom. The maximum Gasteiger partial charge on any atom is 0.143 e. The molecule has 8 aromatic carbocycles. The van der Waals surface area contributed by atoms with Crippen LogP contribution in [0.2, 0.25) is 0 Å². The highest BCUT2D eigenvalue weighted by Crippen LogP contribution is 2.71. The standard InChI is InChI=1S/C66H60N2O2/c1-64(2,3)42-17-21-48(22-18-42)67(46-13-9-7-10-14-46)50-25-27-52-53-29-31-56-60(63(53)70-58(52)38-50)55-30-32-57-61(62(55)66(56)44-34-40-33-41(36-44)37-45(66)35-40)54-28-26-51(39-59(54)69-57)68(47-15-11-8-12-16-47)49-23-19-43(20-24-49)65(4,5)6/h7-32,38-41,44-45H,33-37H2,1-6H3/i7D,8D,9D,10D,11D,12D,13D,14D,15D,16D. The van der Waals surface area contributed by atoms with Gasteiger partial charge < -0.3 is 18.6 Å². The fraction of sp³-hybridized carbons (Fsp3) is 0.273. The quantitative estimate of drug-likeness (QED) is 0.166. The zero-order chi connectivity index (χ0) is 56.0. The number of anilines is 6. The van der Waals surface area contributed by atoms with Gasteiger partial charge in [0, 0.05) is 78.8 Å². The predicted molar refractivity (Wildman–Crippen MR) is 291 cm³/mol. The SMILES string of the molecule is [2H]c1c([2H])c([2H])c(N(c2ccc(C(C)(C)C)cc2)c2ccc3c(c2)oc2c4c(ccc23)C2(c3c-4ccc4oc5cc(N(c6ccc(C(C)(C)C)cc6)c6c([2H])c([2H])c([2H])c([2H])c6[2H])ccc5c34)C3CC4CC(C3)CC2C4)c([2H])c1[2H]. The molecular weight excluding hydrogens is 853 g/mol. The molecule has 0 atom stereocenters. The van der Waals surface area contributed by atoms with E-state index in [4.69, 9.17) is 22.5 Å². The summed E-state index contributed by atoms with van der Waals surface area (Å²) in [5.41, 5.74) is 11.7. The van der Waals surface area contributed by atoms with Gasteiger partial charge in [-0.2, -0.15) is 0 Å². The molecule has 5 aliphatic carbocycles. The molecule has 0 N–H and O–H groups in total. The van der Waals surface area contributed by atoms with E-state index in [0.717, 1.165) is 80.6 Å². The maximum atomic E-state index is 9.17. The van der Waals surface area contributed by atoms with Crippen molar-refractivity contribution in [2.45, 2.75) is 89.9 Å². The van der Waals surface area contributed by atoms with Gasteiger partial charge in [-0.3, -0.25) is 0 Å². The molecule has 4 heteroatoms. The molecule has 4 fully saturated rings. The summed E-state index contributed by atoms with van der Waals surface area (Å²) in [4.78, 5) is 3.51. The van der Waals surface area contributed by atoms with Crippen LogP contribution in [0, 0.1) is 23.7 Å². The van der Waals surface area contributed by atoms with E-state index in [1.54, 1.807) is 9.80 Å². The Labute approximate surface area is 425 Å². The highest BCUT2D eigenvalue weighted by molar-refractivity contribution is 6.17. The van der Waals surface area contributed by atoms with Crippen LogP contribution in [0.3, 0.4) is 0 Å². The number of benzene rings is 8. The van der Waals surface area contributed by atoms with Gasteiger partial charge in [-0.15, -0.1) is 0 Å². The van der Waals surface area contributed by atoms with Gasteiger partial charge in [0.2, 0.25) is 0 Å². The molecule has 15 rings (SSSR count). The lowest BCUT2D eigenvalue weighted by Gasteiger charge is -2.61. The van der Waals surface area contributed by atoms with E-state index < -0.39 is 36.3 Å². The molecule has 0 radical (unpaired) electrons. The number of nitrogens with zero attached hydrogens (tertiary/aromatic N) is 2. The third-order valence-corrected chi connectivity index (χ3v) is 16.7. The largest absolute Gasteiger partial charge is 0.456 e. The summed E-state index contributed by atoms with van der Waals surface area (Å²) in [6.45, 7) is 12.8. The fourth-order valence-electron chi connectivity index (χ4n) is 13.9. The number of para-hydroxylation sites is 2. The molecule has 4 saturated carbocycles. The Bertz CT molecular complexity index is 4210. The smallest absolute Gasteiger partial charge is 0.143 e. The van der Waals surface area contributed by atoms with Crippen molar-refractivity contribution in [3.05, 3.63) is 192 Å². The Morgan fingerprint density at radius 3 is 1.49 bits per heavy atom. The van der Waals surface area contributed by atoms with E-state index in [9.17, 15) is 0 Å². The van der Waals surface area contributed by atoms with Crippen molar-refractivity contribution >= 4 is 78.0 Å². The molecule has 2 aromatic heterocycles. The zero-order valence-electron chi connectivity index (χ0n) is 50.4. The zero-order valence-corrected chi connectivity index (χ0v) is 40.4. The summed E-state index contributed by atoms with van der Waals surface area (Å²) >= 11 is 0. The summed E-state index contributed by atoms with van der Waals surface area (Å²) < 4.78 is 103. The lowest BCUT2D eigenvalue weighted by molar-refractivity contribution is -0.0393. The number of furan rings is 2. The van der Waals surface area contributed by atoms with E-state index in [1.807, 2.05) is 78.9 Å². The minimum absolute atomic E-state index is 0.0497. The molecule has 1 spiro atoms. The van der Waals surface area contributed by atoms with Crippen molar-refractivity contribution in [3.8, 4) is 11.1 Å². The van der Waals surface area contributed by atoms with Crippen molar-refractivity contribution in [1.29, 1.82) is 0 Å². The van der Waals surface area contributed by atoms with Gasteiger partial charge >= 0.3 is 0 Å². The maximum absolute atomic E-state index is 9.17. The summed E-state index contributed by atoms with van der Waals surface area (Å²) in [5.74, 6) is 2.17. The van der Waals surface area contributed by atoms with Crippen LogP contribution in [-0.4, -0.2) is 0 Å². The minimum Gasteiger partial charge on any atom is -0.456 e. The molecule has 70 heavy (non-hydrogen) atoms. The van der Waals surface area contributed by atoms with Crippen molar-refractivity contribution in [1.82, 2.24) is 0 Å². The molecule has 2 heterocycles. The molecule has 0 saturated heterocycles. The minimum atomic E-state index is -0.451. The van der Waals surface area contributed by atoms with Gasteiger partial charge in [0.05, 0.1) is 13.7 Å². The van der Waals surface area contributed by atoms with E-state index >= 15 is 0 Å². The highest BCUT2D eigenvalue weighted by Gasteiger charge is 2.62. The van der Waals surface area contributed by atoms with Crippen LogP contribution in [0.5, 0.6) is 0 Å². The van der Waals surface area contributed by atoms with Crippen molar-refractivity contribution in [2.24, 2.45) is 23.7 Å². The second kappa shape index (κ2) is 15.0. The molecule has 346 valence electrons. The van der Waals surface area contributed by atoms with Crippen LogP contribution in [0.1, 0.15) is 110 Å². The van der Waals surface area contributed by atoms with Crippen molar-refractivity contribution < 1.29 is 22.5 Å². The molecule has 4 nitrogen and oxygen atoms in total. The van der Waals surface area contributed by atoms with Gasteiger partial charge in [0.25, 0.3) is 0 Å². The summed E-state index contributed by atoms with van der Waals surface area (Å²) in [7, 11) is 0. The Balaban J connectivity index is 0.975. The average Bonchev–Trinajstić information content (AvgIpc) is 4.30. The second-order valence-corrected chi connectivity index (χ2v) is 22.7. The third kappa shape index (κ3) is 6.14. The van der Waals surface area contributed by atoms with Gasteiger partial charge in [0.15, 0.2) is 0 Å². The number of hydrogen-bond acceptors (Lipinski definition) is 4. The Kier molecular flexibility index (Phi) is 7.00. The first-order valence-electron chi connectivity index (χ1n) is 30.0. The van der Waals surface area contributed by atoms with Gasteiger partial charge in [-0.25, -0.2) is 0 Å². The van der Waals surface area contributed by atoms with E-state index in [0.29, 0.717) is 57.6 Å². The molecule has 0 amide bonds. The van der Waals surface area contributed by atoms with Gasteiger partial charge in [0.1, 0.15) is 22.3 Å². The molecule has 0 unspecified atom stereocenters. The first-order chi connectivity index (χ1) is 38.1. The van der Waals surface area contributed by atoms with Crippen LogP contribution in [0.4, 0.5) is 34.1 Å². The van der Waals surface area contributed by atoms with Gasteiger partial charge in [-0.1, -0.05) is 120 Å². The lowest BCUT2D eigenvalue weighted by Crippen LogP contribution is -2.55. The third-order valence-electron chi connectivity index (χ3n) is 16.7. The van der Waals surface area contributed by atoms with Crippen LogP contribution in [0.25, 0.3) is 55.0 Å². The molecule has 4 bridgehead atoms. The molecular formula is C66H60N2O2. The van der Waals surface area contributed by atoms with E-state index in [-0.39, 0.29) is 51.8 Å². The Hall–Kier alpha value is -7.04. The highest BCUT2D eigenvalue weighted by atomic mass is 16.3. The van der Waals surface area contributed by atoms with Crippen LogP contribution < -0.4 is 9.80 Å². The van der Waals surface area contributed by atoms with Crippen LogP contribution >= 0.6 is 0 Å².